The molecular weight excluding hydrogens is 486 g/mol. The fourth-order valence-electron chi connectivity index (χ4n) is 2.84. The Labute approximate surface area is 195 Å². The van der Waals surface area contributed by atoms with Gasteiger partial charge in [0.1, 0.15) is 11.4 Å². The van der Waals surface area contributed by atoms with Crippen molar-refractivity contribution in [2.75, 3.05) is 36.9 Å². The summed E-state index contributed by atoms with van der Waals surface area (Å²) in [5, 5.41) is 9.98. The summed E-state index contributed by atoms with van der Waals surface area (Å²) in [5.74, 6) is -3.12. The molecule has 1 rings (SSSR count). The van der Waals surface area contributed by atoms with Gasteiger partial charge in [0, 0.05) is 37.0 Å². The fourth-order valence-corrected chi connectivity index (χ4v) is 4.11. The lowest BCUT2D eigenvalue weighted by Crippen LogP contribution is -2.44. The molecule has 1 amide bonds. The molecule has 0 saturated carbocycles. The highest BCUT2D eigenvalue weighted by atomic mass is 35.5. The number of aliphatic carboxylic acids is 1. The molecule has 4 N–H and O–H groups in total. The number of alkyl halides is 2. The van der Waals surface area contributed by atoms with Crippen LogP contribution in [0.2, 0.25) is 0 Å². The van der Waals surface area contributed by atoms with E-state index in [0.29, 0.717) is 30.4 Å². The zero-order valence-electron chi connectivity index (χ0n) is 17.5. The molecule has 0 radical (unpaired) electrons. The molecule has 1 aromatic rings. The van der Waals surface area contributed by atoms with Crippen LogP contribution >= 0.6 is 30.8 Å². The molecule has 0 spiro atoms. The van der Waals surface area contributed by atoms with E-state index in [9.17, 15) is 28.7 Å². The highest BCUT2D eigenvalue weighted by molar-refractivity contribution is 7.58. The quantitative estimate of drug-likeness (QED) is 0.142. The summed E-state index contributed by atoms with van der Waals surface area (Å²) in [7, 11) is -4.16. The number of nitrogens with zero attached hydrogens (tertiary/aromatic N) is 1. The smallest absolute Gasteiger partial charge is 0.362 e. The van der Waals surface area contributed by atoms with Gasteiger partial charge in [0.15, 0.2) is 0 Å². The van der Waals surface area contributed by atoms with Crippen LogP contribution in [0.3, 0.4) is 0 Å². The molecule has 0 fully saturated rings. The Morgan fingerprint density at radius 1 is 1.12 bits per heavy atom. The van der Waals surface area contributed by atoms with Crippen molar-refractivity contribution in [3.05, 3.63) is 40.7 Å². The molecule has 13 heteroatoms. The average molecular weight is 511 g/mol. The number of methoxy groups -OCH3 is 1. The second-order valence-corrected chi connectivity index (χ2v) is 8.90. The first-order valence-corrected chi connectivity index (χ1v) is 12.0. The molecule has 0 heterocycles. The number of esters is 1. The Morgan fingerprint density at radius 2 is 1.66 bits per heavy atom. The van der Waals surface area contributed by atoms with Crippen LogP contribution in [0.1, 0.15) is 12.5 Å². The van der Waals surface area contributed by atoms with E-state index in [4.69, 9.17) is 28.3 Å². The van der Waals surface area contributed by atoms with Gasteiger partial charge in [0.25, 0.3) is 5.91 Å². The van der Waals surface area contributed by atoms with E-state index in [2.05, 4.69) is 10.1 Å². The first-order valence-electron chi connectivity index (χ1n) is 9.31. The Bertz CT molecular complexity index is 895. The molecule has 0 aliphatic carbocycles. The number of hydrogen-bond acceptors (Lipinski definition) is 6. The summed E-state index contributed by atoms with van der Waals surface area (Å²) in [4.78, 5) is 56.6. The number of amides is 1. The van der Waals surface area contributed by atoms with Crippen LogP contribution in [-0.4, -0.2) is 70.7 Å². The number of rotatable bonds is 12. The predicted molar refractivity (Wildman–Crippen MR) is 120 cm³/mol. The summed E-state index contributed by atoms with van der Waals surface area (Å²) in [5.41, 5.74) is 0.623. The molecule has 0 aliphatic heterocycles. The zero-order chi connectivity index (χ0) is 24.5. The van der Waals surface area contributed by atoms with Crippen molar-refractivity contribution < 1.29 is 38.6 Å². The molecule has 178 valence electrons. The van der Waals surface area contributed by atoms with Crippen molar-refractivity contribution in [1.82, 2.24) is 5.32 Å². The molecule has 0 saturated heterocycles. The molecule has 0 aromatic heterocycles. The Hall–Kier alpha value is -2.10. The van der Waals surface area contributed by atoms with E-state index in [-0.39, 0.29) is 6.42 Å². The minimum Gasteiger partial charge on any atom is -0.478 e. The zero-order valence-corrected chi connectivity index (χ0v) is 19.9. The molecule has 1 unspecified atom stereocenters. The van der Waals surface area contributed by atoms with Crippen molar-refractivity contribution in [2.24, 2.45) is 0 Å². The van der Waals surface area contributed by atoms with Gasteiger partial charge in [-0.15, -0.1) is 23.2 Å². The lowest BCUT2D eigenvalue weighted by Gasteiger charge is -2.23. The number of carboxylic acid groups (broad SMARTS) is 1. The molecule has 10 nitrogen and oxygen atoms in total. The number of hydrogen-bond donors (Lipinski definition) is 4. The van der Waals surface area contributed by atoms with Gasteiger partial charge in [-0.3, -0.25) is 9.36 Å². The number of benzene rings is 1. The van der Waals surface area contributed by atoms with Crippen molar-refractivity contribution in [2.45, 2.75) is 19.4 Å². The van der Waals surface area contributed by atoms with Crippen molar-refractivity contribution in [3.8, 4) is 0 Å². The van der Waals surface area contributed by atoms with E-state index < -0.39 is 42.4 Å². The molecule has 32 heavy (non-hydrogen) atoms. The van der Waals surface area contributed by atoms with E-state index in [1.54, 1.807) is 24.3 Å². The third-order valence-electron chi connectivity index (χ3n) is 4.42. The van der Waals surface area contributed by atoms with Gasteiger partial charge in [0.2, 0.25) is 0 Å². The Balaban J connectivity index is 3.14. The van der Waals surface area contributed by atoms with Crippen molar-refractivity contribution in [3.63, 3.8) is 0 Å². The van der Waals surface area contributed by atoms with Crippen LogP contribution in [-0.2, 0) is 30.1 Å². The van der Waals surface area contributed by atoms with Crippen molar-refractivity contribution >= 4 is 54.3 Å². The predicted octanol–water partition coefficient (Wildman–Crippen LogP) is 1.71. The van der Waals surface area contributed by atoms with Gasteiger partial charge in [0.05, 0.1) is 12.7 Å². The molecule has 1 atom stereocenters. The van der Waals surface area contributed by atoms with Gasteiger partial charge in [-0.25, -0.2) is 9.59 Å². The van der Waals surface area contributed by atoms with Crippen molar-refractivity contribution in [1.29, 1.82) is 0 Å². The summed E-state index contributed by atoms with van der Waals surface area (Å²) in [6.45, 7) is 2.04. The lowest BCUT2D eigenvalue weighted by molar-refractivity contribution is -0.144. The largest absolute Gasteiger partial charge is 0.478 e. The third-order valence-corrected chi connectivity index (χ3v) is 5.88. The summed E-state index contributed by atoms with van der Waals surface area (Å²) in [6, 6.07) is 5.65. The third kappa shape index (κ3) is 8.11. The number of carbonyl (C=O) groups excluding carboxylic acids is 2. The molecule has 1 aromatic carbocycles. The van der Waals surface area contributed by atoms with Gasteiger partial charge in [-0.1, -0.05) is 12.1 Å². The second kappa shape index (κ2) is 12.8. The Kier molecular flexibility index (Phi) is 11.2. The van der Waals surface area contributed by atoms with Gasteiger partial charge in [-0.05, 0) is 24.6 Å². The SMILES string of the molecule is COC(=O)C(Cc1ccc(N(CCCl)CCCl)cc1)NC(=O)/C(=C(/C)C(=O)O)P(=O)(O)O. The first-order chi connectivity index (χ1) is 15.0. The normalized spacial score (nSPS) is 13.1. The summed E-state index contributed by atoms with van der Waals surface area (Å²) in [6.07, 6.45) is -0.0652. The maximum Gasteiger partial charge on any atom is 0.362 e. The summed E-state index contributed by atoms with van der Waals surface area (Å²) < 4.78 is 16.3. The number of carbonyl (C=O) groups is 3. The van der Waals surface area contributed by atoms with Gasteiger partial charge >= 0.3 is 19.5 Å². The van der Waals surface area contributed by atoms with Gasteiger partial charge < -0.3 is 29.8 Å². The van der Waals surface area contributed by atoms with E-state index >= 15 is 0 Å². The minimum absolute atomic E-state index is 0.0652. The maximum atomic E-state index is 12.5. The monoisotopic (exact) mass is 510 g/mol. The van der Waals surface area contributed by atoms with E-state index in [0.717, 1.165) is 19.7 Å². The lowest BCUT2D eigenvalue weighted by atomic mass is 10.0. The number of nitrogens with one attached hydrogen (secondary N) is 1. The molecule has 0 aliphatic rings. The van der Waals surface area contributed by atoms with Crippen LogP contribution in [0.25, 0.3) is 0 Å². The van der Waals surface area contributed by atoms with Crippen LogP contribution in [0.5, 0.6) is 0 Å². The van der Waals surface area contributed by atoms with Crippen LogP contribution in [0.15, 0.2) is 35.2 Å². The number of carboxylic acids is 1. The summed E-state index contributed by atoms with van der Waals surface area (Å²) >= 11 is 11.6. The number of halogens is 2. The molecular formula is C19H25Cl2N2O8P. The minimum atomic E-state index is -5.24. The van der Waals surface area contributed by atoms with Gasteiger partial charge in [-0.2, -0.15) is 0 Å². The van der Waals surface area contributed by atoms with E-state index in [1.807, 2.05) is 4.90 Å². The average Bonchev–Trinajstić information content (AvgIpc) is 2.72. The maximum absolute atomic E-state index is 12.5. The standard InChI is InChI=1S/C19H25Cl2N2O8P/c1-12(18(25)26)16(32(28,29)30)17(24)22-15(19(27)31-2)11-13-3-5-14(6-4-13)23(9-7-20)10-8-21/h3-6,15H,7-11H2,1-2H3,(H,22,24)(H,25,26)(H2,28,29,30)/b16-12+. The first kappa shape index (κ1) is 27.9. The van der Waals surface area contributed by atoms with Crippen LogP contribution in [0.4, 0.5) is 5.69 Å². The van der Waals surface area contributed by atoms with Crippen LogP contribution in [0, 0.1) is 0 Å². The molecule has 0 bridgehead atoms. The second-order valence-electron chi connectivity index (χ2n) is 6.61. The highest BCUT2D eigenvalue weighted by Crippen LogP contribution is 2.46. The number of anilines is 1. The topological polar surface area (TPSA) is 153 Å². The van der Waals surface area contributed by atoms with E-state index in [1.165, 1.54) is 0 Å². The number of ether oxygens (including phenoxy) is 1. The highest BCUT2D eigenvalue weighted by Gasteiger charge is 2.35. The van der Waals surface area contributed by atoms with Crippen LogP contribution < -0.4 is 10.2 Å². The fraction of sp³-hybridized carbons (Fsp3) is 0.421. The Morgan fingerprint density at radius 3 is 2.06 bits per heavy atom.